The van der Waals surface area contributed by atoms with Gasteiger partial charge in [0.05, 0.1) is 0 Å². The number of benzene rings is 3. The number of guanidine groups is 1. The summed E-state index contributed by atoms with van der Waals surface area (Å²) in [6, 6.07) is 16.5. The van der Waals surface area contributed by atoms with Crippen LogP contribution in [0.4, 0.5) is 11.4 Å². The molecule has 0 aliphatic carbocycles. The zero-order chi connectivity index (χ0) is 37.5. The van der Waals surface area contributed by atoms with Crippen molar-refractivity contribution < 1.29 is 28.7 Å². The SMILES string of the molecule is CC(C)C[C@H](NC(=O)C(=O)OCc1ccccc1)C(=O)N[C@@H](CC(C)C)C(=O)N[C@@H](CCCN=C(N)N)C(=O)Nc1ccc2ccc(N)cc2c1. The van der Waals surface area contributed by atoms with Gasteiger partial charge in [-0.1, -0.05) is 70.2 Å². The standard InChI is InChI=1S/C37H50N8O6/c1-22(2)17-30(44-34(48)31(18-23(3)4)45-35(49)36(50)51-21-24-9-6-5-7-10-24)33(47)43-29(11-8-16-41-37(39)40)32(46)42-28-15-13-25-12-14-27(38)19-26(25)20-28/h5-7,9-10,12-15,19-20,22-23,29-31H,8,11,16-18,21,38H2,1-4H3,(H,42,46)(H,43,47)(H,44,48)(H,45,49)(H4,39,40,41)/t29-,30-,31-/m0/s1. The highest BCUT2D eigenvalue weighted by Crippen LogP contribution is 2.22. The average Bonchev–Trinajstić information content (AvgIpc) is 3.07. The van der Waals surface area contributed by atoms with Crippen LogP contribution in [-0.2, 0) is 35.3 Å². The van der Waals surface area contributed by atoms with Crippen LogP contribution in [0.15, 0.2) is 71.7 Å². The van der Waals surface area contributed by atoms with Crippen molar-refractivity contribution in [2.75, 3.05) is 17.6 Å². The Kier molecular flexibility index (Phi) is 15.2. The lowest BCUT2D eigenvalue weighted by Crippen LogP contribution is -2.57. The molecule has 0 saturated heterocycles. The largest absolute Gasteiger partial charge is 0.454 e. The number of rotatable bonds is 17. The minimum Gasteiger partial charge on any atom is -0.454 e. The molecule has 10 N–H and O–H groups in total. The predicted molar refractivity (Wildman–Crippen MR) is 198 cm³/mol. The second-order valence-electron chi connectivity index (χ2n) is 13.2. The van der Waals surface area contributed by atoms with E-state index in [9.17, 15) is 24.0 Å². The molecule has 0 unspecified atom stereocenters. The number of hydrogen-bond donors (Lipinski definition) is 7. The summed E-state index contributed by atoms with van der Waals surface area (Å²) in [5, 5.41) is 12.6. The molecule has 0 aromatic heterocycles. The molecule has 274 valence electrons. The molecule has 3 atom stereocenters. The van der Waals surface area contributed by atoms with E-state index in [0.29, 0.717) is 23.4 Å². The molecular weight excluding hydrogens is 652 g/mol. The first-order valence-electron chi connectivity index (χ1n) is 17.0. The van der Waals surface area contributed by atoms with Gasteiger partial charge in [0, 0.05) is 17.9 Å². The molecule has 0 aliphatic heterocycles. The Bertz CT molecular complexity index is 1690. The first-order valence-corrected chi connectivity index (χ1v) is 17.0. The van der Waals surface area contributed by atoms with Crippen molar-refractivity contribution in [1.29, 1.82) is 0 Å². The van der Waals surface area contributed by atoms with E-state index < -0.39 is 47.7 Å². The number of ether oxygens (including phenoxy) is 1. The van der Waals surface area contributed by atoms with Crippen molar-refractivity contribution >= 4 is 57.7 Å². The molecule has 0 saturated carbocycles. The number of nitrogens with two attached hydrogens (primary N) is 3. The Morgan fingerprint density at radius 2 is 1.33 bits per heavy atom. The van der Waals surface area contributed by atoms with Gasteiger partial charge in [0.25, 0.3) is 0 Å². The van der Waals surface area contributed by atoms with Gasteiger partial charge in [0.2, 0.25) is 17.7 Å². The van der Waals surface area contributed by atoms with Crippen LogP contribution in [0.5, 0.6) is 0 Å². The fourth-order valence-corrected chi connectivity index (χ4v) is 5.30. The number of nitrogens with zero attached hydrogens (tertiary/aromatic N) is 1. The predicted octanol–water partition coefficient (Wildman–Crippen LogP) is 2.70. The number of amides is 4. The van der Waals surface area contributed by atoms with Crippen molar-refractivity contribution in [3.05, 3.63) is 72.3 Å². The number of carbonyl (C=O) groups excluding carboxylic acids is 5. The molecule has 0 heterocycles. The van der Waals surface area contributed by atoms with Crippen LogP contribution in [0.25, 0.3) is 10.8 Å². The first kappa shape index (κ1) is 39.8. The van der Waals surface area contributed by atoms with E-state index in [-0.39, 0.29) is 50.2 Å². The number of hydrogen-bond acceptors (Lipinski definition) is 8. The minimum atomic E-state index is -1.14. The van der Waals surface area contributed by atoms with E-state index >= 15 is 0 Å². The van der Waals surface area contributed by atoms with Gasteiger partial charge in [-0.25, -0.2) is 4.79 Å². The summed E-state index contributed by atoms with van der Waals surface area (Å²) >= 11 is 0. The second-order valence-corrected chi connectivity index (χ2v) is 13.2. The van der Waals surface area contributed by atoms with Crippen LogP contribution in [0.2, 0.25) is 0 Å². The summed E-state index contributed by atoms with van der Waals surface area (Å²) in [6.45, 7) is 7.60. The highest BCUT2D eigenvalue weighted by molar-refractivity contribution is 6.32. The highest BCUT2D eigenvalue weighted by atomic mass is 16.5. The smallest absolute Gasteiger partial charge is 0.397 e. The quantitative estimate of drug-likeness (QED) is 0.0273. The fraction of sp³-hybridized carbons (Fsp3) is 0.405. The van der Waals surface area contributed by atoms with E-state index in [4.69, 9.17) is 21.9 Å². The van der Waals surface area contributed by atoms with Gasteiger partial charge in [0.15, 0.2) is 5.96 Å². The third-order valence-corrected chi connectivity index (χ3v) is 7.78. The summed E-state index contributed by atoms with van der Waals surface area (Å²) in [7, 11) is 0. The maximum Gasteiger partial charge on any atom is 0.397 e. The topological polar surface area (TPSA) is 233 Å². The van der Waals surface area contributed by atoms with Gasteiger partial charge < -0.3 is 43.2 Å². The molecule has 3 aromatic rings. The maximum atomic E-state index is 13.8. The Labute approximate surface area is 298 Å². The van der Waals surface area contributed by atoms with Gasteiger partial charge >= 0.3 is 11.9 Å². The van der Waals surface area contributed by atoms with Gasteiger partial charge in [-0.05, 0) is 78.1 Å². The lowest BCUT2D eigenvalue weighted by atomic mass is 9.99. The van der Waals surface area contributed by atoms with Crippen LogP contribution in [0.3, 0.4) is 0 Å². The van der Waals surface area contributed by atoms with Crippen LogP contribution in [-0.4, -0.2) is 60.2 Å². The lowest BCUT2D eigenvalue weighted by molar-refractivity contribution is -0.156. The molecule has 4 amide bonds. The molecule has 0 radical (unpaired) electrons. The highest BCUT2D eigenvalue weighted by Gasteiger charge is 2.32. The average molecular weight is 703 g/mol. The molecule has 3 aromatic carbocycles. The molecule has 0 spiro atoms. The second kappa shape index (κ2) is 19.5. The molecular formula is C37H50N8O6. The van der Waals surface area contributed by atoms with E-state index in [0.717, 1.165) is 10.8 Å². The van der Waals surface area contributed by atoms with E-state index in [2.05, 4.69) is 26.3 Å². The molecule has 0 bridgehead atoms. The van der Waals surface area contributed by atoms with E-state index in [1.165, 1.54) is 0 Å². The molecule has 14 heteroatoms. The van der Waals surface area contributed by atoms with Crippen LogP contribution < -0.4 is 38.5 Å². The summed E-state index contributed by atoms with van der Waals surface area (Å²) in [4.78, 5) is 70.2. The number of anilines is 2. The Hall–Kier alpha value is -5.66. The van der Waals surface area contributed by atoms with Crippen LogP contribution in [0, 0.1) is 11.8 Å². The van der Waals surface area contributed by atoms with Crippen molar-refractivity contribution in [3.63, 3.8) is 0 Å². The Morgan fingerprint density at radius 1 is 0.725 bits per heavy atom. The molecule has 0 fully saturated rings. The van der Waals surface area contributed by atoms with Crippen LogP contribution in [0.1, 0.15) is 58.9 Å². The van der Waals surface area contributed by atoms with Crippen LogP contribution >= 0.6 is 0 Å². The van der Waals surface area contributed by atoms with E-state index in [1.54, 1.807) is 48.5 Å². The van der Waals surface area contributed by atoms with Crippen molar-refractivity contribution in [2.45, 2.75) is 78.1 Å². The molecule has 14 nitrogen and oxygen atoms in total. The normalized spacial score (nSPS) is 12.7. The fourth-order valence-electron chi connectivity index (χ4n) is 5.30. The van der Waals surface area contributed by atoms with Gasteiger partial charge in [0.1, 0.15) is 24.7 Å². The van der Waals surface area contributed by atoms with Gasteiger partial charge in [-0.15, -0.1) is 0 Å². The van der Waals surface area contributed by atoms with E-state index in [1.807, 2.05) is 45.9 Å². The third kappa shape index (κ3) is 13.6. The molecule has 0 aliphatic rings. The van der Waals surface area contributed by atoms with Crippen molar-refractivity contribution in [1.82, 2.24) is 16.0 Å². The maximum absolute atomic E-state index is 13.8. The zero-order valence-corrected chi connectivity index (χ0v) is 29.6. The Morgan fingerprint density at radius 3 is 1.96 bits per heavy atom. The number of carbonyl (C=O) groups is 5. The summed E-state index contributed by atoms with van der Waals surface area (Å²) < 4.78 is 5.12. The minimum absolute atomic E-state index is 0.0358. The Balaban J connectivity index is 1.75. The molecule has 51 heavy (non-hydrogen) atoms. The third-order valence-electron chi connectivity index (χ3n) is 7.78. The van der Waals surface area contributed by atoms with Crippen molar-refractivity contribution in [2.24, 2.45) is 28.3 Å². The summed E-state index contributed by atoms with van der Waals surface area (Å²) in [5.41, 5.74) is 18.6. The number of esters is 1. The number of nitrogen functional groups attached to an aromatic ring is 1. The molecule has 3 rings (SSSR count). The number of aliphatic imine (C=N–C) groups is 1. The number of nitrogens with one attached hydrogen (secondary N) is 4. The number of fused-ring (bicyclic) bond motifs is 1. The van der Waals surface area contributed by atoms with Gasteiger partial charge in [-0.3, -0.25) is 24.2 Å². The first-order chi connectivity index (χ1) is 24.2. The summed E-state index contributed by atoms with van der Waals surface area (Å²) in [6.07, 6.45) is 0.975. The van der Waals surface area contributed by atoms with Crippen molar-refractivity contribution in [3.8, 4) is 0 Å². The van der Waals surface area contributed by atoms with Gasteiger partial charge in [-0.2, -0.15) is 0 Å². The zero-order valence-electron chi connectivity index (χ0n) is 29.6. The summed E-state index contributed by atoms with van der Waals surface area (Å²) in [5.74, 6) is -4.13. The lowest BCUT2D eigenvalue weighted by Gasteiger charge is -2.26. The monoisotopic (exact) mass is 702 g/mol.